The quantitative estimate of drug-likeness (QED) is 0.268. The first-order chi connectivity index (χ1) is 16.0. The molecule has 2 aliphatic rings. The number of piperidine rings is 2. The van der Waals surface area contributed by atoms with Crippen LogP contribution in [0.4, 0.5) is 4.79 Å². The molecule has 0 N–H and O–H groups in total. The maximum atomic E-state index is 11.7. The second-order valence-corrected chi connectivity index (χ2v) is 10.5. The van der Waals surface area contributed by atoms with Gasteiger partial charge in [0.2, 0.25) is 0 Å². The van der Waals surface area contributed by atoms with E-state index in [2.05, 4.69) is 27.8 Å². The molecule has 2 fully saturated rings. The Morgan fingerprint density at radius 3 is 1.65 bits per heavy atom. The number of carbonyl (C=O) groups excluding carboxylic acids is 3. The standard InChI is InChI=1S/C12H21NO4.C9H16ClNO2.C3H7Br/c1-12(2,3)17-11(15)13-7-5-9(6-8-13)10(14)16-4;1-13-9(12)8-2-5-11(6-3-8)7-4-10;1-2-3-4/h9H,5-8H2,1-4H3;8H,2-7H2,1H3;2-3H2,1H3. The molecule has 0 aromatic rings. The van der Waals surface area contributed by atoms with E-state index in [0.29, 0.717) is 31.8 Å². The fourth-order valence-electron chi connectivity index (χ4n) is 3.47. The molecular weight excluding hydrogens is 528 g/mol. The summed E-state index contributed by atoms with van der Waals surface area (Å²) in [5.41, 5.74) is -0.476. The lowest BCUT2D eigenvalue weighted by Crippen LogP contribution is -2.43. The number of alkyl halides is 2. The maximum absolute atomic E-state index is 11.7. The van der Waals surface area contributed by atoms with Crippen LogP contribution in [0.5, 0.6) is 0 Å². The zero-order valence-corrected chi connectivity index (χ0v) is 24.1. The van der Waals surface area contributed by atoms with Crippen LogP contribution in [0.1, 0.15) is 59.8 Å². The third kappa shape index (κ3) is 14.4. The first-order valence-electron chi connectivity index (χ1n) is 12.0. The number of hydrogen-bond donors (Lipinski definition) is 0. The SMILES string of the molecule is CCCBr.COC(=O)C1CCN(C(=O)OC(C)(C)C)CC1.COC(=O)C1CCN(CCCl)CC1. The van der Waals surface area contributed by atoms with Gasteiger partial charge in [0.25, 0.3) is 0 Å². The summed E-state index contributed by atoms with van der Waals surface area (Å²) >= 11 is 8.88. The lowest BCUT2D eigenvalue weighted by molar-refractivity contribution is -0.147. The molecule has 2 saturated heterocycles. The van der Waals surface area contributed by atoms with Crippen LogP contribution in [0.25, 0.3) is 0 Å². The normalized spacial score (nSPS) is 17.5. The summed E-state index contributed by atoms with van der Waals surface area (Å²) in [5, 5.41) is 1.13. The lowest BCUT2D eigenvalue weighted by atomic mass is 9.97. The van der Waals surface area contributed by atoms with Crippen molar-refractivity contribution in [2.45, 2.75) is 65.4 Å². The highest BCUT2D eigenvalue weighted by Gasteiger charge is 2.30. The predicted octanol–water partition coefficient (Wildman–Crippen LogP) is 4.71. The third-order valence-corrected chi connectivity index (χ3v) is 6.36. The average Bonchev–Trinajstić information content (AvgIpc) is 2.83. The van der Waals surface area contributed by atoms with Gasteiger partial charge in [-0.1, -0.05) is 22.9 Å². The van der Waals surface area contributed by atoms with Crippen molar-refractivity contribution in [2.75, 3.05) is 58.2 Å². The summed E-state index contributed by atoms with van der Waals surface area (Å²) in [7, 11) is 2.84. The van der Waals surface area contributed by atoms with Gasteiger partial charge in [0, 0.05) is 30.8 Å². The van der Waals surface area contributed by atoms with Crippen LogP contribution >= 0.6 is 27.5 Å². The zero-order chi connectivity index (χ0) is 26.1. The average molecular weight is 572 g/mol. The molecule has 200 valence electrons. The van der Waals surface area contributed by atoms with E-state index in [1.807, 2.05) is 20.8 Å². The molecule has 34 heavy (non-hydrogen) atoms. The van der Waals surface area contributed by atoms with Crippen molar-refractivity contribution >= 4 is 45.6 Å². The summed E-state index contributed by atoms with van der Waals surface area (Å²) < 4.78 is 14.7. The minimum absolute atomic E-state index is 0.0643. The Morgan fingerprint density at radius 2 is 1.32 bits per heavy atom. The van der Waals surface area contributed by atoms with E-state index in [1.165, 1.54) is 20.6 Å². The molecule has 0 aromatic heterocycles. The number of rotatable bonds is 5. The van der Waals surface area contributed by atoms with E-state index in [0.717, 1.165) is 37.8 Å². The molecule has 10 heteroatoms. The van der Waals surface area contributed by atoms with E-state index in [9.17, 15) is 14.4 Å². The molecule has 8 nitrogen and oxygen atoms in total. The van der Waals surface area contributed by atoms with Crippen molar-refractivity contribution in [2.24, 2.45) is 11.8 Å². The number of halogens is 2. The number of methoxy groups -OCH3 is 2. The van der Waals surface area contributed by atoms with Crippen LogP contribution in [0, 0.1) is 11.8 Å². The number of esters is 2. The van der Waals surface area contributed by atoms with Crippen molar-refractivity contribution in [1.29, 1.82) is 0 Å². The lowest BCUT2D eigenvalue weighted by Gasteiger charge is -2.32. The molecule has 2 rings (SSSR count). The van der Waals surface area contributed by atoms with E-state index in [1.54, 1.807) is 4.90 Å². The molecule has 0 unspecified atom stereocenters. The van der Waals surface area contributed by atoms with Gasteiger partial charge in [-0.25, -0.2) is 4.79 Å². The maximum Gasteiger partial charge on any atom is 0.410 e. The smallest absolute Gasteiger partial charge is 0.410 e. The van der Waals surface area contributed by atoms with Gasteiger partial charge in [-0.3, -0.25) is 9.59 Å². The summed E-state index contributed by atoms with van der Waals surface area (Å²) in [6, 6.07) is 0. The largest absolute Gasteiger partial charge is 0.469 e. The molecule has 1 amide bonds. The van der Waals surface area contributed by atoms with Gasteiger partial charge in [0.05, 0.1) is 26.1 Å². The molecule has 2 aliphatic heterocycles. The summed E-state index contributed by atoms with van der Waals surface area (Å²) in [6.07, 6.45) is 4.03. The number of carbonyl (C=O) groups is 3. The van der Waals surface area contributed by atoms with Crippen LogP contribution in [0.3, 0.4) is 0 Å². The number of hydrogen-bond acceptors (Lipinski definition) is 7. The van der Waals surface area contributed by atoms with Crippen molar-refractivity contribution in [3.8, 4) is 0 Å². The van der Waals surface area contributed by atoms with Gasteiger partial charge in [-0.05, 0) is 66.0 Å². The Labute approximate surface area is 219 Å². The fourth-order valence-corrected chi connectivity index (χ4v) is 3.71. The minimum Gasteiger partial charge on any atom is -0.469 e. The number of ether oxygens (including phenoxy) is 3. The van der Waals surface area contributed by atoms with Gasteiger partial charge in [0.1, 0.15) is 5.60 Å². The summed E-state index contributed by atoms with van der Waals surface area (Å²) in [6.45, 7) is 11.6. The van der Waals surface area contributed by atoms with E-state index >= 15 is 0 Å². The Kier molecular flexibility index (Phi) is 17.7. The van der Waals surface area contributed by atoms with Crippen molar-refractivity contribution in [3.05, 3.63) is 0 Å². The van der Waals surface area contributed by atoms with Gasteiger partial charge in [-0.2, -0.15) is 0 Å². The number of likely N-dealkylation sites (tertiary alicyclic amines) is 2. The van der Waals surface area contributed by atoms with E-state index in [-0.39, 0.29) is 29.9 Å². The number of nitrogens with zero attached hydrogens (tertiary/aromatic N) is 2. The second-order valence-electron chi connectivity index (χ2n) is 9.28. The third-order valence-electron chi connectivity index (χ3n) is 5.39. The second kappa shape index (κ2) is 18.2. The Bertz CT molecular complexity index is 585. The Morgan fingerprint density at radius 1 is 0.912 bits per heavy atom. The van der Waals surface area contributed by atoms with Crippen LogP contribution < -0.4 is 0 Å². The van der Waals surface area contributed by atoms with Crippen molar-refractivity contribution in [1.82, 2.24) is 9.80 Å². The topological polar surface area (TPSA) is 85.4 Å². The van der Waals surface area contributed by atoms with Crippen LogP contribution in [0.15, 0.2) is 0 Å². The molecular formula is C24H44BrClN2O6. The predicted molar refractivity (Wildman–Crippen MR) is 139 cm³/mol. The van der Waals surface area contributed by atoms with Gasteiger partial charge < -0.3 is 24.0 Å². The Balaban J connectivity index is 0.000000567. The first kappa shape index (κ1) is 32.9. The van der Waals surface area contributed by atoms with Crippen LogP contribution in [0.2, 0.25) is 0 Å². The van der Waals surface area contributed by atoms with Gasteiger partial charge in [0.15, 0.2) is 0 Å². The molecule has 0 bridgehead atoms. The molecule has 0 saturated carbocycles. The van der Waals surface area contributed by atoms with Crippen LogP contribution in [-0.4, -0.2) is 91.6 Å². The molecule has 2 heterocycles. The van der Waals surface area contributed by atoms with E-state index < -0.39 is 5.60 Å². The van der Waals surface area contributed by atoms with Crippen molar-refractivity contribution in [3.63, 3.8) is 0 Å². The summed E-state index contributed by atoms with van der Waals surface area (Å²) in [4.78, 5) is 38.2. The first-order valence-corrected chi connectivity index (χ1v) is 13.7. The zero-order valence-electron chi connectivity index (χ0n) is 21.7. The van der Waals surface area contributed by atoms with Gasteiger partial charge in [-0.15, -0.1) is 11.6 Å². The Hall–Kier alpha value is -1.06. The van der Waals surface area contributed by atoms with Gasteiger partial charge >= 0.3 is 18.0 Å². The molecule has 0 atom stereocenters. The molecule has 0 radical (unpaired) electrons. The highest BCUT2D eigenvalue weighted by molar-refractivity contribution is 9.09. The summed E-state index contributed by atoms with van der Waals surface area (Å²) in [5.74, 6) is 0.442. The monoisotopic (exact) mass is 570 g/mol. The fraction of sp³-hybridized carbons (Fsp3) is 0.875. The highest BCUT2D eigenvalue weighted by Crippen LogP contribution is 2.20. The molecule has 0 aliphatic carbocycles. The molecule has 0 spiro atoms. The van der Waals surface area contributed by atoms with Crippen molar-refractivity contribution < 1.29 is 28.6 Å². The van der Waals surface area contributed by atoms with Crippen LogP contribution in [-0.2, 0) is 23.8 Å². The number of amides is 1. The minimum atomic E-state index is -0.476. The molecule has 0 aromatic carbocycles. The van der Waals surface area contributed by atoms with E-state index in [4.69, 9.17) is 25.8 Å². The highest BCUT2D eigenvalue weighted by atomic mass is 79.9.